The summed E-state index contributed by atoms with van der Waals surface area (Å²) < 4.78 is 0. The Morgan fingerprint density at radius 2 is 1.38 bits per heavy atom. The van der Waals surface area contributed by atoms with Crippen molar-refractivity contribution in [2.75, 3.05) is 4.90 Å². The van der Waals surface area contributed by atoms with Gasteiger partial charge in [0.05, 0.1) is 0 Å². The Bertz CT molecular complexity index is 962. The molecule has 3 aromatic rings. The van der Waals surface area contributed by atoms with Crippen LogP contribution in [0.25, 0.3) is 11.1 Å². The number of hydrogen-bond acceptors (Lipinski definition) is 3. The lowest BCUT2D eigenvalue weighted by Crippen LogP contribution is -2.29. The fourth-order valence-corrected chi connectivity index (χ4v) is 3.21. The highest BCUT2D eigenvalue weighted by molar-refractivity contribution is 6.58. The number of allylic oxidation sites excluding steroid dienone is 3. The summed E-state index contributed by atoms with van der Waals surface area (Å²) in [4.78, 5) is 2.16. The van der Waals surface area contributed by atoms with Crippen LogP contribution >= 0.6 is 0 Å². The lowest BCUT2D eigenvalue weighted by atomic mass is 9.80. The second kappa shape index (κ2) is 9.92. The predicted octanol–water partition coefficient (Wildman–Crippen LogP) is 5.04. The Morgan fingerprint density at radius 1 is 0.828 bits per heavy atom. The number of nitrogens with zero attached hydrogens (tertiary/aromatic N) is 1. The van der Waals surface area contributed by atoms with Crippen molar-refractivity contribution >= 4 is 24.0 Å². The molecule has 3 rings (SSSR count). The molecule has 0 saturated heterocycles. The van der Waals surface area contributed by atoms with E-state index in [1.54, 1.807) is 12.1 Å². The minimum absolute atomic E-state index is 0.472. The third-order valence-corrected chi connectivity index (χ3v) is 4.76. The van der Waals surface area contributed by atoms with E-state index in [0.717, 1.165) is 23.5 Å². The summed E-state index contributed by atoms with van der Waals surface area (Å²) >= 11 is 0. The first-order chi connectivity index (χ1) is 14.1. The molecule has 2 N–H and O–H groups in total. The molecule has 29 heavy (non-hydrogen) atoms. The van der Waals surface area contributed by atoms with Crippen molar-refractivity contribution in [2.24, 2.45) is 0 Å². The Balaban J connectivity index is 2.01. The zero-order valence-corrected chi connectivity index (χ0v) is 16.9. The Morgan fingerprint density at radius 3 is 1.90 bits per heavy atom. The van der Waals surface area contributed by atoms with E-state index in [9.17, 15) is 10.0 Å². The van der Waals surface area contributed by atoms with Gasteiger partial charge in [-0.05, 0) is 60.3 Å². The predicted molar refractivity (Wildman–Crippen MR) is 123 cm³/mol. The third-order valence-electron chi connectivity index (χ3n) is 4.76. The van der Waals surface area contributed by atoms with Gasteiger partial charge in [0.2, 0.25) is 0 Å². The summed E-state index contributed by atoms with van der Waals surface area (Å²) in [6.45, 7) is 4.13. The van der Waals surface area contributed by atoms with E-state index < -0.39 is 7.12 Å². The molecular weight excluding hydrogens is 357 g/mol. The van der Waals surface area contributed by atoms with E-state index in [1.807, 2.05) is 37.3 Å². The summed E-state index contributed by atoms with van der Waals surface area (Å²) in [6, 6.07) is 26.1. The van der Waals surface area contributed by atoms with Gasteiger partial charge < -0.3 is 14.9 Å². The third kappa shape index (κ3) is 5.05. The van der Waals surface area contributed by atoms with Crippen molar-refractivity contribution in [1.29, 1.82) is 0 Å². The molecule has 0 unspecified atom stereocenters. The van der Waals surface area contributed by atoms with E-state index in [-0.39, 0.29) is 0 Å². The van der Waals surface area contributed by atoms with Gasteiger partial charge in [0.25, 0.3) is 0 Å². The number of hydrogen-bond donors (Lipinski definition) is 2. The summed E-state index contributed by atoms with van der Waals surface area (Å²) in [5.74, 6) is 0. The molecular formula is C25H26BNO2. The first-order valence-corrected chi connectivity index (χ1v) is 9.88. The fraction of sp³-hybridized carbons (Fsp3) is 0.120. The molecule has 146 valence electrons. The molecule has 3 aromatic carbocycles. The highest BCUT2D eigenvalue weighted by atomic mass is 16.4. The Hall–Kier alpha value is -3.08. The largest absolute Gasteiger partial charge is 0.488 e. The van der Waals surface area contributed by atoms with Gasteiger partial charge in [-0.3, -0.25) is 0 Å². The maximum atomic E-state index is 9.40. The molecule has 0 fully saturated rings. The Labute approximate surface area is 173 Å². The van der Waals surface area contributed by atoms with Crippen LogP contribution in [0.5, 0.6) is 0 Å². The van der Waals surface area contributed by atoms with Crippen LogP contribution in [0.2, 0.25) is 0 Å². The second-order valence-corrected chi connectivity index (χ2v) is 6.74. The van der Waals surface area contributed by atoms with Gasteiger partial charge in [-0.25, -0.2) is 0 Å². The molecule has 0 aliphatic heterocycles. The molecule has 0 radical (unpaired) electrons. The number of benzene rings is 3. The van der Waals surface area contributed by atoms with Gasteiger partial charge in [0.1, 0.15) is 0 Å². The summed E-state index contributed by atoms with van der Waals surface area (Å²) in [6.07, 6.45) is 7.27. The van der Waals surface area contributed by atoms with Crippen molar-refractivity contribution in [3.63, 3.8) is 0 Å². The molecule has 0 amide bonds. The van der Waals surface area contributed by atoms with Crippen LogP contribution in [0.15, 0.2) is 103 Å². The summed E-state index contributed by atoms with van der Waals surface area (Å²) in [5.41, 5.74) is 5.87. The van der Waals surface area contributed by atoms with Crippen LogP contribution in [0, 0.1) is 0 Å². The summed E-state index contributed by atoms with van der Waals surface area (Å²) in [7, 11) is -1.47. The molecule has 4 heteroatoms. The number of anilines is 2. The highest BCUT2D eigenvalue weighted by Crippen LogP contribution is 2.32. The lowest BCUT2D eigenvalue weighted by molar-refractivity contribution is 0.426. The molecule has 0 heterocycles. The van der Waals surface area contributed by atoms with E-state index in [2.05, 4.69) is 66.4 Å². The van der Waals surface area contributed by atoms with Gasteiger partial charge >= 0.3 is 7.12 Å². The monoisotopic (exact) mass is 383 g/mol. The number of rotatable bonds is 7. The normalized spacial score (nSPS) is 11.7. The van der Waals surface area contributed by atoms with Crippen molar-refractivity contribution in [3.8, 4) is 11.1 Å². The molecule has 3 nitrogen and oxygen atoms in total. The average Bonchev–Trinajstić information content (AvgIpc) is 2.77. The van der Waals surface area contributed by atoms with E-state index in [1.165, 1.54) is 11.1 Å². The van der Waals surface area contributed by atoms with Gasteiger partial charge in [0, 0.05) is 17.1 Å². The van der Waals surface area contributed by atoms with Gasteiger partial charge in [0.15, 0.2) is 0 Å². The maximum Gasteiger partial charge on any atom is 0.488 e. The van der Waals surface area contributed by atoms with Crippen LogP contribution < -0.4 is 10.4 Å². The van der Waals surface area contributed by atoms with E-state index in [0.29, 0.717) is 5.46 Å². The van der Waals surface area contributed by atoms with Gasteiger partial charge in [-0.15, -0.1) is 0 Å². The Kier molecular flexibility index (Phi) is 7.06. The molecule has 0 atom stereocenters. The lowest BCUT2D eigenvalue weighted by Gasteiger charge is -2.27. The van der Waals surface area contributed by atoms with Gasteiger partial charge in [-0.1, -0.05) is 73.7 Å². The molecule has 0 saturated carbocycles. The van der Waals surface area contributed by atoms with Crippen LogP contribution in [-0.2, 0) is 0 Å². The van der Waals surface area contributed by atoms with Gasteiger partial charge in [-0.2, -0.15) is 0 Å². The molecule has 0 aliphatic rings. The fourth-order valence-electron chi connectivity index (χ4n) is 3.21. The average molecular weight is 383 g/mol. The van der Waals surface area contributed by atoms with Crippen molar-refractivity contribution in [1.82, 2.24) is 0 Å². The van der Waals surface area contributed by atoms with E-state index in [4.69, 9.17) is 0 Å². The van der Waals surface area contributed by atoms with Crippen LogP contribution in [0.3, 0.4) is 0 Å². The SMILES string of the molecule is C/C=C(\C=C/CC)N(c1ccc(B(O)O)cc1)c1ccc(-c2ccccc2)cc1. The minimum atomic E-state index is -1.47. The highest BCUT2D eigenvalue weighted by Gasteiger charge is 2.15. The maximum absolute atomic E-state index is 9.40. The first-order valence-electron chi connectivity index (χ1n) is 9.88. The quantitative estimate of drug-likeness (QED) is 0.444. The second-order valence-electron chi connectivity index (χ2n) is 6.74. The smallest absolute Gasteiger partial charge is 0.423 e. The van der Waals surface area contributed by atoms with Crippen LogP contribution in [-0.4, -0.2) is 17.2 Å². The van der Waals surface area contributed by atoms with Crippen molar-refractivity contribution in [2.45, 2.75) is 20.3 Å². The zero-order valence-electron chi connectivity index (χ0n) is 16.9. The van der Waals surface area contributed by atoms with Crippen LogP contribution in [0.1, 0.15) is 20.3 Å². The topological polar surface area (TPSA) is 43.7 Å². The molecule has 0 aromatic heterocycles. The van der Waals surface area contributed by atoms with E-state index >= 15 is 0 Å². The standard InChI is InChI=1S/C25H26BNO2/c1-3-5-11-23(4-2)27(25-18-14-22(15-19-25)26(28)29)24-16-12-21(13-17-24)20-9-7-6-8-10-20/h4-19,28-29H,3H2,1-2H3/b11-5-,23-4+. The van der Waals surface area contributed by atoms with Crippen LogP contribution in [0.4, 0.5) is 11.4 Å². The molecule has 0 aliphatic carbocycles. The molecule has 0 bridgehead atoms. The van der Waals surface area contributed by atoms with Crippen molar-refractivity contribution in [3.05, 3.63) is 103 Å². The first kappa shape index (κ1) is 20.7. The zero-order chi connectivity index (χ0) is 20.6. The molecule has 0 spiro atoms. The minimum Gasteiger partial charge on any atom is -0.423 e. The summed E-state index contributed by atoms with van der Waals surface area (Å²) in [5, 5.41) is 18.8. The van der Waals surface area contributed by atoms with Crippen molar-refractivity contribution < 1.29 is 10.0 Å².